The van der Waals surface area contributed by atoms with Crippen molar-refractivity contribution in [3.8, 4) is 0 Å². The van der Waals surface area contributed by atoms with E-state index in [0.717, 1.165) is 21.0 Å². The Morgan fingerprint density at radius 1 is 0.897 bits per heavy atom. The second-order valence-electron chi connectivity index (χ2n) is 10.7. The number of benzene rings is 3. The number of sulfonamides is 1. The second-order valence-corrected chi connectivity index (χ2v) is 13.1. The number of amides is 2. The quantitative estimate of drug-likeness (QED) is 0.379. The van der Waals surface area contributed by atoms with Gasteiger partial charge in [0.15, 0.2) is 0 Å². The molecule has 39 heavy (non-hydrogen) atoms. The maximum absolute atomic E-state index is 13.9. The lowest BCUT2D eigenvalue weighted by atomic mass is 10.0. The van der Waals surface area contributed by atoms with Crippen LogP contribution in [0.1, 0.15) is 37.5 Å². The summed E-state index contributed by atoms with van der Waals surface area (Å²) in [5.41, 5.74) is 2.03. The molecule has 1 atom stereocenters. The first-order valence-electron chi connectivity index (χ1n) is 12.7. The van der Waals surface area contributed by atoms with Gasteiger partial charge < -0.3 is 10.2 Å². The van der Waals surface area contributed by atoms with E-state index in [1.165, 1.54) is 24.1 Å². The third kappa shape index (κ3) is 8.65. The highest BCUT2D eigenvalue weighted by atomic mass is 35.5. The predicted molar refractivity (Wildman–Crippen MR) is 155 cm³/mol. The van der Waals surface area contributed by atoms with Gasteiger partial charge in [0.25, 0.3) is 0 Å². The molecule has 0 aliphatic heterocycles. The van der Waals surface area contributed by atoms with Crippen molar-refractivity contribution in [1.82, 2.24) is 14.5 Å². The Morgan fingerprint density at radius 3 is 2.05 bits per heavy atom. The predicted octanol–water partition coefficient (Wildman–Crippen LogP) is 4.82. The lowest BCUT2D eigenvalue weighted by Crippen LogP contribution is -2.56. The van der Waals surface area contributed by atoms with Crippen LogP contribution >= 0.6 is 11.6 Å². The van der Waals surface area contributed by atoms with E-state index < -0.39 is 34.1 Å². The average Bonchev–Trinajstić information content (AvgIpc) is 2.87. The van der Waals surface area contributed by atoms with Gasteiger partial charge in [-0.3, -0.25) is 9.59 Å². The number of hydrogen-bond donors (Lipinski definition) is 1. The van der Waals surface area contributed by atoms with E-state index in [4.69, 9.17) is 11.6 Å². The van der Waals surface area contributed by atoms with E-state index in [1.807, 2.05) is 58.0 Å². The van der Waals surface area contributed by atoms with Crippen LogP contribution in [-0.2, 0) is 32.6 Å². The lowest BCUT2D eigenvalue weighted by molar-refractivity contribution is -0.141. The molecule has 7 nitrogen and oxygen atoms in total. The summed E-state index contributed by atoms with van der Waals surface area (Å²) < 4.78 is 27.5. The molecule has 0 bridgehead atoms. The molecule has 0 aliphatic carbocycles. The molecule has 0 saturated heterocycles. The summed E-state index contributed by atoms with van der Waals surface area (Å²) in [7, 11) is -2.56. The number of carbonyl (C=O) groups excluding carboxylic acids is 2. The van der Waals surface area contributed by atoms with Crippen molar-refractivity contribution in [2.75, 3.05) is 13.6 Å². The minimum Gasteiger partial charge on any atom is -0.350 e. The fourth-order valence-electron chi connectivity index (χ4n) is 4.05. The van der Waals surface area contributed by atoms with Gasteiger partial charge in [-0.05, 0) is 63.1 Å². The van der Waals surface area contributed by atoms with Crippen molar-refractivity contribution in [2.45, 2.75) is 57.1 Å². The van der Waals surface area contributed by atoms with Crippen LogP contribution in [0.5, 0.6) is 0 Å². The highest BCUT2D eigenvalue weighted by molar-refractivity contribution is 7.89. The molecule has 0 radical (unpaired) electrons. The second kappa shape index (κ2) is 12.8. The summed E-state index contributed by atoms with van der Waals surface area (Å²) in [6.45, 7) is 7.16. The number of nitrogens with one attached hydrogen (secondary N) is 1. The van der Waals surface area contributed by atoms with Crippen LogP contribution in [0.4, 0.5) is 0 Å². The van der Waals surface area contributed by atoms with E-state index in [9.17, 15) is 18.0 Å². The van der Waals surface area contributed by atoms with Crippen LogP contribution in [0, 0.1) is 6.92 Å². The fraction of sp³-hybridized carbons (Fsp3) is 0.333. The van der Waals surface area contributed by atoms with Gasteiger partial charge in [-0.2, -0.15) is 4.31 Å². The molecule has 2 amide bonds. The molecular formula is C30H36ClN3O4S. The third-order valence-corrected chi connectivity index (χ3v) is 8.19. The van der Waals surface area contributed by atoms with E-state index in [-0.39, 0.29) is 23.8 Å². The number of carbonyl (C=O) groups is 2. The van der Waals surface area contributed by atoms with E-state index in [0.29, 0.717) is 5.02 Å². The highest BCUT2D eigenvalue weighted by Crippen LogP contribution is 2.20. The zero-order chi connectivity index (χ0) is 28.8. The summed E-state index contributed by atoms with van der Waals surface area (Å²) in [5.74, 6) is -0.814. The number of rotatable bonds is 10. The maximum Gasteiger partial charge on any atom is 0.243 e. The third-order valence-electron chi connectivity index (χ3n) is 6.12. The Kier molecular flexibility index (Phi) is 9.93. The monoisotopic (exact) mass is 569 g/mol. The number of hydrogen-bond acceptors (Lipinski definition) is 4. The summed E-state index contributed by atoms with van der Waals surface area (Å²) >= 11 is 6.07. The topological polar surface area (TPSA) is 86.8 Å². The van der Waals surface area contributed by atoms with Crippen LogP contribution < -0.4 is 5.32 Å². The lowest BCUT2D eigenvalue weighted by Gasteiger charge is -2.34. The zero-order valence-corrected chi connectivity index (χ0v) is 24.6. The van der Waals surface area contributed by atoms with Gasteiger partial charge in [0, 0.05) is 30.6 Å². The molecule has 3 aromatic carbocycles. The van der Waals surface area contributed by atoms with Gasteiger partial charge in [0.05, 0.1) is 11.4 Å². The van der Waals surface area contributed by atoms with Gasteiger partial charge >= 0.3 is 0 Å². The molecule has 9 heteroatoms. The molecule has 0 aromatic heterocycles. The minimum absolute atomic E-state index is 0.0963. The number of halogens is 1. The first-order valence-corrected chi connectivity index (χ1v) is 14.5. The molecule has 0 saturated carbocycles. The van der Waals surface area contributed by atoms with Gasteiger partial charge in [-0.25, -0.2) is 8.42 Å². The molecule has 0 aliphatic rings. The van der Waals surface area contributed by atoms with Gasteiger partial charge in [0.2, 0.25) is 21.8 Å². The van der Waals surface area contributed by atoms with Crippen LogP contribution in [0.25, 0.3) is 0 Å². The average molecular weight is 570 g/mol. The van der Waals surface area contributed by atoms with E-state index >= 15 is 0 Å². The number of likely N-dealkylation sites (N-methyl/N-ethyl adjacent to an activating group) is 1. The Hall–Kier alpha value is -3.20. The summed E-state index contributed by atoms with van der Waals surface area (Å²) in [6.07, 6.45) is 0.260. The standard InChI is InChI=1S/C30H36ClN3O4S/c1-22-11-17-26(18-12-22)39(37,38)33(5)21-28(35)34(20-24-13-15-25(31)16-14-24)27(29(36)32-30(2,3)4)19-23-9-7-6-8-10-23/h6-18,27H,19-21H2,1-5H3,(H,32,36). The largest absolute Gasteiger partial charge is 0.350 e. The first-order chi connectivity index (χ1) is 18.3. The smallest absolute Gasteiger partial charge is 0.243 e. The van der Waals surface area contributed by atoms with Crippen molar-refractivity contribution in [2.24, 2.45) is 0 Å². The van der Waals surface area contributed by atoms with Crippen LogP contribution in [-0.4, -0.2) is 54.6 Å². The Balaban J connectivity index is 1.98. The summed E-state index contributed by atoms with van der Waals surface area (Å²) in [6, 6.07) is 22.0. The van der Waals surface area contributed by atoms with Crippen LogP contribution in [0.2, 0.25) is 5.02 Å². The SMILES string of the molecule is Cc1ccc(S(=O)(=O)N(C)CC(=O)N(Cc2ccc(Cl)cc2)C(Cc2ccccc2)C(=O)NC(C)(C)C)cc1. The number of nitrogens with zero attached hydrogens (tertiary/aromatic N) is 2. The maximum atomic E-state index is 13.9. The fourth-order valence-corrected chi connectivity index (χ4v) is 5.30. The highest BCUT2D eigenvalue weighted by Gasteiger charge is 2.34. The number of aryl methyl sites for hydroxylation is 1. The first kappa shape index (κ1) is 30.3. The summed E-state index contributed by atoms with van der Waals surface area (Å²) in [5, 5.41) is 3.55. The Morgan fingerprint density at radius 2 is 1.49 bits per heavy atom. The van der Waals surface area contributed by atoms with Gasteiger partial charge in [-0.15, -0.1) is 0 Å². The van der Waals surface area contributed by atoms with Crippen LogP contribution in [0.3, 0.4) is 0 Å². The van der Waals surface area contributed by atoms with Crippen molar-refractivity contribution < 1.29 is 18.0 Å². The molecule has 3 rings (SSSR count). The molecule has 1 N–H and O–H groups in total. The van der Waals surface area contributed by atoms with Crippen molar-refractivity contribution in [1.29, 1.82) is 0 Å². The molecular weight excluding hydrogens is 534 g/mol. The molecule has 208 valence electrons. The van der Waals surface area contributed by atoms with E-state index in [1.54, 1.807) is 36.4 Å². The van der Waals surface area contributed by atoms with Crippen molar-refractivity contribution >= 4 is 33.4 Å². The zero-order valence-electron chi connectivity index (χ0n) is 23.0. The molecule has 1 unspecified atom stereocenters. The molecule has 0 fully saturated rings. The Labute approximate surface area is 236 Å². The molecule has 0 heterocycles. The van der Waals surface area contributed by atoms with Crippen molar-refractivity contribution in [3.63, 3.8) is 0 Å². The molecule has 0 spiro atoms. The summed E-state index contributed by atoms with van der Waals surface area (Å²) in [4.78, 5) is 29.1. The van der Waals surface area contributed by atoms with Gasteiger partial charge in [-0.1, -0.05) is 71.8 Å². The van der Waals surface area contributed by atoms with Crippen molar-refractivity contribution in [3.05, 3.63) is 101 Å². The Bertz CT molecular complexity index is 1370. The van der Waals surface area contributed by atoms with E-state index in [2.05, 4.69) is 5.32 Å². The molecule has 3 aromatic rings. The minimum atomic E-state index is -3.93. The van der Waals surface area contributed by atoms with Crippen LogP contribution in [0.15, 0.2) is 83.8 Å². The normalized spacial score (nSPS) is 12.7. The van der Waals surface area contributed by atoms with Gasteiger partial charge in [0.1, 0.15) is 6.04 Å².